The van der Waals surface area contributed by atoms with Crippen LogP contribution in [0, 0.1) is 9.39 Å². The number of aliphatic hydroxyl groups is 1. The van der Waals surface area contributed by atoms with Gasteiger partial charge in [-0.2, -0.15) is 5.10 Å². The van der Waals surface area contributed by atoms with Gasteiger partial charge in [-0.25, -0.2) is 9.07 Å². The maximum absolute atomic E-state index is 13.7. The van der Waals surface area contributed by atoms with Gasteiger partial charge in [-0.3, -0.25) is 0 Å². The molecule has 0 radical (unpaired) electrons. The summed E-state index contributed by atoms with van der Waals surface area (Å²) in [6.45, 7) is 1.60. The third-order valence-electron chi connectivity index (χ3n) is 2.25. The first kappa shape index (κ1) is 11.5. The van der Waals surface area contributed by atoms with Crippen LogP contribution >= 0.6 is 22.6 Å². The fraction of sp³-hybridized carbons (Fsp3) is 0.182. The van der Waals surface area contributed by atoms with E-state index in [1.807, 2.05) is 0 Å². The molecule has 0 saturated heterocycles. The van der Waals surface area contributed by atoms with E-state index in [1.165, 1.54) is 10.7 Å². The van der Waals surface area contributed by atoms with Crippen molar-refractivity contribution in [3.63, 3.8) is 0 Å². The van der Waals surface area contributed by atoms with Gasteiger partial charge in [0.1, 0.15) is 11.5 Å². The molecule has 5 heteroatoms. The van der Waals surface area contributed by atoms with E-state index in [1.54, 1.807) is 31.5 Å². The second kappa shape index (κ2) is 4.50. The summed E-state index contributed by atoms with van der Waals surface area (Å²) < 4.78 is 16.1. The molecular weight excluding hydrogens is 322 g/mol. The summed E-state index contributed by atoms with van der Waals surface area (Å²) in [5, 5.41) is 13.4. The van der Waals surface area contributed by atoms with Gasteiger partial charge in [0.25, 0.3) is 0 Å². The summed E-state index contributed by atoms with van der Waals surface area (Å²) in [6, 6.07) is 4.63. The lowest BCUT2D eigenvalue weighted by molar-refractivity contribution is 0.199. The lowest BCUT2D eigenvalue weighted by Gasteiger charge is -2.07. The van der Waals surface area contributed by atoms with Crippen molar-refractivity contribution in [2.75, 3.05) is 0 Å². The van der Waals surface area contributed by atoms with Crippen molar-refractivity contribution in [2.24, 2.45) is 0 Å². The van der Waals surface area contributed by atoms with Crippen LogP contribution in [-0.2, 0) is 0 Å². The van der Waals surface area contributed by atoms with Crippen LogP contribution in [0.3, 0.4) is 0 Å². The number of halogens is 2. The standard InChI is InChI=1S/C11H10FIN2O/c1-7(16)8-2-3-11(10(12)4-8)15-6-9(13)5-14-15/h2-7,16H,1H3/t7-/m0/s1. The Balaban J connectivity index is 2.44. The van der Waals surface area contributed by atoms with Crippen molar-refractivity contribution in [2.45, 2.75) is 13.0 Å². The van der Waals surface area contributed by atoms with E-state index in [4.69, 9.17) is 0 Å². The van der Waals surface area contributed by atoms with Crippen LogP contribution < -0.4 is 0 Å². The van der Waals surface area contributed by atoms with Crippen LogP contribution in [0.15, 0.2) is 30.6 Å². The second-order valence-electron chi connectivity index (χ2n) is 3.49. The molecule has 1 heterocycles. The van der Waals surface area contributed by atoms with E-state index < -0.39 is 11.9 Å². The van der Waals surface area contributed by atoms with Gasteiger partial charge in [-0.15, -0.1) is 0 Å². The molecule has 0 bridgehead atoms. The van der Waals surface area contributed by atoms with Crippen LogP contribution in [0.4, 0.5) is 4.39 Å². The maximum Gasteiger partial charge on any atom is 0.149 e. The Morgan fingerprint density at radius 2 is 2.25 bits per heavy atom. The van der Waals surface area contributed by atoms with Gasteiger partial charge in [0, 0.05) is 6.20 Å². The summed E-state index contributed by atoms with van der Waals surface area (Å²) >= 11 is 2.11. The van der Waals surface area contributed by atoms with Gasteiger partial charge in [0.2, 0.25) is 0 Å². The number of hydrogen-bond donors (Lipinski definition) is 1. The van der Waals surface area contributed by atoms with Crippen molar-refractivity contribution >= 4 is 22.6 Å². The zero-order chi connectivity index (χ0) is 11.7. The molecule has 1 atom stereocenters. The number of aromatic nitrogens is 2. The molecule has 84 valence electrons. The van der Waals surface area contributed by atoms with Crippen LogP contribution in [0.25, 0.3) is 5.69 Å². The first-order chi connectivity index (χ1) is 7.58. The number of hydrogen-bond acceptors (Lipinski definition) is 2. The highest BCUT2D eigenvalue weighted by Crippen LogP contribution is 2.19. The molecule has 16 heavy (non-hydrogen) atoms. The molecule has 0 saturated carbocycles. The maximum atomic E-state index is 13.7. The molecule has 1 aromatic carbocycles. The summed E-state index contributed by atoms with van der Waals surface area (Å²) in [7, 11) is 0. The molecule has 3 nitrogen and oxygen atoms in total. The Labute approximate surface area is 106 Å². The van der Waals surface area contributed by atoms with Crippen LogP contribution in [0.5, 0.6) is 0 Å². The van der Waals surface area contributed by atoms with Gasteiger partial charge >= 0.3 is 0 Å². The minimum absolute atomic E-state index is 0.382. The molecule has 0 fully saturated rings. The fourth-order valence-corrected chi connectivity index (χ4v) is 1.79. The minimum atomic E-state index is -0.665. The molecule has 0 unspecified atom stereocenters. The molecule has 0 aliphatic rings. The molecule has 0 aliphatic carbocycles. The van der Waals surface area contributed by atoms with Gasteiger partial charge < -0.3 is 5.11 Å². The second-order valence-corrected chi connectivity index (χ2v) is 4.74. The van der Waals surface area contributed by atoms with Crippen molar-refractivity contribution in [1.82, 2.24) is 9.78 Å². The lowest BCUT2D eigenvalue weighted by Crippen LogP contribution is -2.00. The molecule has 1 N–H and O–H groups in total. The normalized spacial score (nSPS) is 12.8. The van der Waals surface area contributed by atoms with Crippen LogP contribution in [-0.4, -0.2) is 14.9 Å². The Kier molecular flexibility index (Phi) is 3.25. The van der Waals surface area contributed by atoms with E-state index in [-0.39, 0.29) is 0 Å². The highest BCUT2D eigenvalue weighted by atomic mass is 127. The monoisotopic (exact) mass is 332 g/mol. The molecule has 2 aromatic rings. The summed E-state index contributed by atoms with van der Waals surface area (Å²) in [5.41, 5.74) is 0.940. The van der Waals surface area contributed by atoms with Gasteiger partial charge in [-0.05, 0) is 47.2 Å². The van der Waals surface area contributed by atoms with Crippen molar-refractivity contribution < 1.29 is 9.50 Å². The van der Waals surface area contributed by atoms with E-state index >= 15 is 0 Å². The highest BCUT2D eigenvalue weighted by Gasteiger charge is 2.09. The predicted octanol–water partition coefficient (Wildman–Crippen LogP) is 2.67. The molecule has 0 amide bonds. The Bertz CT molecular complexity index is 510. The molecular formula is C11H10FIN2O. The summed E-state index contributed by atoms with van der Waals surface area (Å²) in [4.78, 5) is 0. The Morgan fingerprint density at radius 3 is 2.75 bits per heavy atom. The van der Waals surface area contributed by atoms with Crippen LogP contribution in [0.1, 0.15) is 18.6 Å². The molecule has 1 aromatic heterocycles. The van der Waals surface area contributed by atoms with Crippen molar-refractivity contribution in [3.8, 4) is 5.69 Å². The summed E-state index contributed by atoms with van der Waals surface area (Å²) in [5.74, 6) is -0.391. The van der Waals surface area contributed by atoms with Crippen molar-refractivity contribution in [3.05, 3.63) is 45.5 Å². The average molecular weight is 332 g/mol. The van der Waals surface area contributed by atoms with Gasteiger partial charge in [0.15, 0.2) is 0 Å². The minimum Gasteiger partial charge on any atom is -0.389 e. The molecule has 0 spiro atoms. The quantitative estimate of drug-likeness (QED) is 0.859. The number of rotatable bonds is 2. The average Bonchev–Trinajstić information content (AvgIpc) is 2.64. The number of nitrogens with zero attached hydrogens (tertiary/aromatic N) is 2. The number of aliphatic hydroxyl groups excluding tert-OH is 1. The fourth-order valence-electron chi connectivity index (χ4n) is 1.40. The predicted molar refractivity (Wildman–Crippen MR) is 66.9 cm³/mol. The van der Waals surface area contributed by atoms with Crippen LogP contribution in [0.2, 0.25) is 0 Å². The van der Waals surface area contributed by atoms with E-state index in [0.717, 1.165) is 3.57 Å². The first-order valence-corrected chi connectivity index (χ1v) is 5.84. The third kappa shape index (κ3) is 2.25. The smallest absolute Gasteiger partial charge is 0.149 e. The van der Waals surface area contributed by atoms with E-state index in [2.05, 4.69) is 27.7 Å². The lowest BCUT2D eigenvalue weighted by atomic mass is 10.1. The molecule has 0 aliphatic heterocycles. The van der Waals surface area contributed by atoms with E-state index in [9.17, 15) is 9.50 Å². The Morgan fingerprint density at radius 1 is 1.50 bits per heavy atom. The Hall–Kier alpha value is -0.950. The SMILES string of the molecule is C[C@H](O)c1ccc(-n2cc(I)cn2)c(F)c1. The van der Waals surface area contributed by atoms with Gasteiger partial charge in [0.05, 0.1) is 15.9 Å². The summed E-state index contributed by atoms with van der Waals surface area (Å²) in [6.07, 6.45) is 2.73. The first-order valence-electron chi connectivity index (χ1n) is 4.76. The zero-order valence-corrected chi connectivity index (χ0v) is 10.7. The number of benzene rings is 1. The van der Waals surface area contributed by atoms with Crippen molar-refractivity contribution in [1.29, 1.82) is 0 Å². The van der Waals surface area contributed by atoms with E-state index in [0.29, 0.717) is 11.3 Å². The molecule has 2 rings (SSSR count). The highest BCUT2D eigenvalue weighted by molar-refractivity contribution is 14.1. The van der Waals surface area contributed by atoms with Gasteiger partial charge in [-0.1, -0.05) is 6.07 Å². The zero-order valence-electron chi connectivity index (χ0n) is 8.56. The largest absolute Gasteiger partial charge is 0.389 e. The third-order valence-corrected chi connectivity index (χ3v) is 2.81. The topological polar surface area (TPSA) is 38.0 Å².